The molecule has 0 spiro atoms. The fourth-order valence-electron chi connectivity index (χ4n) is 1.71. The summed E-state index contributed by atoms with van der Waals surface area (Å²) in [7, 11) is -1.90. The van der Waals surface area contributed by atoms with E-state index in [-0.39, 0.29) is 28.2 Å². The summed E-state index contributed by atoms with van der Waals surface area (Å²) >= 11 is 4.99. The van der Waals surface area contributed by atoms with Crippen LogP contribution in [0, 0.1) is 0 Å². The Kier molecular flexibility index (Phi) is 7.93. The van der Waals surface area contributed by atoms with Gasteiger partial charge in [-0.3, -0.25) is 15.6 Å². The van der Waals surface area contributed by atoms with Crippen LogP contribution in [0.5, 0.6) is 0 Å². The summed E-state index contributed by atoms with van der Waals surface area (Å²) in [6.45, 7) is 2.33. The van der Waals surface area contributed by atoms with Crippen LogP contribution in [0.25, 0.3) is 0 Å². The van der Waals surface area contributed by atoms with Crippen LogP contribution < -0.4 is 16.2 Å². The first-order chi connectivity index (χ1) is 10.8. The first-order valence-electron chi connectivity index (χ1n) is 6.97. The van der Waals surface area contributed by atoms with Gasteiger partial charge in [-0.2, -0.15) is 0 Å². The van der Waals surface area contributed by atoms with Crippen LogP contribution in [-0.4, -0.2) is 44.9 Å². The van der Waals surface area contributed by atoms with Crippen LogP contribution in [0.2, 0.25) is 0 Å². The van der Waals surface area contributed by atoms with Gasteiger partial charge in [-0.05, 0) is 31.3 Å². The molecule has 1 rings (SSSR count). The van der Waals surface area contributed by atoms with Gasteiger partial charge in [-0.1, -0.05) is 18.2 Å². The Morgan fingerprint density at radius 1 is 1.26 bits per heavy atom. The molecule has 0 bridgehead atoms. The quantitative estimate of drug-likeness (QED) is 0.478. The van der Waals surface area contributed by atoms with E-state index in [0.29, 0.717) is 6.61 Å². The van der Waals surface area contributed by atoms with Crippen LogP contribution >= 0.6 is 12.2 Å². The number of amides is 1. The lowest BCUT2D eigenvalue weighted by Crippen LogP contribution is -2.50. The summed E-state index contributed by atoms with van der Waals surface area (Å²) in [6.07, 6.45) is -0.166. The molecule has 3 N–H and O–H groups in total. The Labute approximate surface area is 141 Å². The normalized spacial score (nSPS) is 12.3. The molecule has 1 amide bonds. The molecule has 1 aromatic carbocycles. The van der Waals surface area contributed by atoms with Crippen LogP contribution in [-0.2, 0) is 19.4 Å². The monoisotopic (exact) mass is 359 g/mol. The predicted octanol–water partition coefficient (Wildman–Crippen LogP) is 0.381. The summed E-state index contributed by atoms with van der Waals surface area (Å²) < 4.78 is 29.0. The second-order valence-corrected chi connectivity index (χ2v) is 7.40. The molecule has 0 saturated heterocycles. The van der Waals surface area contributed by atoms with Gasteiger partial charge in [0.15, 0.2) is 14.9 Å². The number of thiocarbonyl (C=S) groups is 1. The average Bonchev–Trinajstić information content (AvgIpc) is 2.52. The zero-order valence-corrected chi connectivity index (χ0v) is 14.7. The van der Waals surface area contributed by atoms with Gasteiger partial charge in [0.05, 0.1) is 17.3 Å². The molecule has 0 unspecified atom stereocenters. The number of nitrogens with one attached hydrogen (secondary N) is 3. The van der Waals surface area contributed by atoms with Gasteiger partial charge in [0, 0.05) is 19.6 Å². The third kappa shape index (κ3) is 7.40. The Morgan fingerprint density at radius 3 is 2.52 bits per heavy atom. The molecule has 0 aliphatic rings. The van der Waals surface area contributed by atoms with Crippen molar-refractivity contribution >= 4 is 33.1 Å². The minimum atomic E-state index is -3.47. The van der Waals surface area contributed by atoms with Gasteiger partial charge in [0.2, 0.25) is 5.91 Å². The van der Waals surface area contributed by atoms with Crippen molar-refractivity contribution in [1.82, 2.24) is 16.2 Å². The second-order valence-electron chi connectivity index (χ2n) is 4.88. The number of hydrogen-bond acceptors (Lipinski definition) is 5. The standard InChI is InChI=1S/C14H21N3O4S2/c1-11(10-21-2)15-14(22)17-16-13(18)8-9-23(19,20)12-6-4-3-5-7-12/h3-7,11H,8-10H2,1-2H3,(H,16,18)(H2,15,17,22)/t11-/m1/s1. The van der Waals surface area contributed by atoms with Crippen molar-refractivity contribution in [3.63, 3.8) is 0 Å². The number of hydrazine groups is 1. The van der Waals surface area contributed by atoms with E-state index in [1.165, 1.54) is 12.1 Å². The van der Waals surface area contributed by atoms with Crippen molar-refractivity contribution < 1.29 is 17.9 Å². The lowest BCUT2D eigenvalue weighted by molar-refractivity contribution is -0.121. The summed E-state index contributed by atoms with van der Waals surface area (Å²) in [5.41, 5.74) is 4.87. The molecule has 0 fully saturated rings. The van der Waals surface area contributed by atoms with E-state index in [2.05, 4.69) is 16.2 Å². The molecule has 0 aliphatic carbocycles. The number of carbonyl (C=O) groups is 1. The van der Waals surface area contributed by atoms with E-state index in [9.17, 15) is 13.2 Å². The summed E-state index contributed by atoms with van der Waals surface area (Å²) in [6, 6.07) is 7.99. The highest BCUT2D eigenvalue weighted by molar-refractivity contribution is 7.91. The van der Waals surface area contributed by atoms with Crippen molar-refractivity contribution in [3.8, 4) is 0 Å². The molecule has 0 saturated carbocycles. The van der Waals surface area contributed by atoms with E-state index in [4.69, 9.17) is 17.0 Å². The predicted molar refractivity (Wildman–Crippen MR) is 91.5 cm³/mol. The van der Waals surface area contributed by atoms with Crippen molar-refractivity contribution in [2.45, 2.75) is 24.3 Å². The van der Waals surface area contributed by atoms with E-state index in [1.54, 1.807) is 25.3 Å². The molecule has 1 atom stereocenters. The summed E-state index contributed by atoms with van der Waals surface area (Å²) in [5, 5.41) is 3.13. The molecule has 0 aliphatic heterocycles. The van der Waals surface area contributed by atoms with Gasteiger partial charge >= 0.3 is 0 Å². The number of benzene rings is 1. The lowest BCUT2D eigenvalue weighted by atomic mass is 10.4. The minimum absolute atomic E-state index is 0.0182. The van der Waals surface area contributed by atoms with E-state index in [1.807, 2.05) is 6.92 Å². The number of carbonyl (C=O) groups excluding carboxylic acids is 1. The number of methoxy groups -OCH3 is 1. The molecule has 128 valence electrons. The first-order valence-corrected chi connectivity index (χ1v) is 9.03. The van der Waals surface area contributed by atoms with Gasteiger partial charge in [-0.15, -0.1) is 0 Å². The SMILES string of the molecule is COC[C@@H](C)NC(=S)NNC(=O)CCS(=O)(=O)c1ccccc1. The molecule has 0 heterocycles. The number of rotatable bonds is 7. The minimum Gasteiger partial charge on any atom is -0.383 e. The Hall–Kier alpha value is -1.71. The zero-order valence-electron chi connectivity index (χ0n) is 13.0. The van der Waals surface area contributed by atoms with E-state index >= 15 is 0 Å². The van der Waals surface area contributed by atoms with Crippen LogP contribution in [0.3, 0.4) is 0 Å². The average molecular weight is 359 g/mol. The Morgan fingerprint density at radius 2 is 1.91 bits per heavy atom. The number of hydrogen-bond donors (Lipinski definition) is 3. The number of sulfone groups is 1. The van der Waals surface area contributed by atoms with Gasteiger partial charge in [0.25, 0.3) is 0 Å². The van der Waals surface area contributed by atoms with Crippen molar-refractivity contribution in [3.05, 3.63) is 30.3 Å². The van der Waals surface area contributed by atoms with Crippen LogP contribution in [0.4, 0.5) is 0 Å². The van der Waals surface area contributed by atoms with Crippen molar-refractivity contribution in [1.29, 1.82) is 0 Å². The van der Waals surface area contributed by atoms with Gasteiger partial charge < -0.3 is 10.1 Å². The van der Waals surface area contributed by atoms with Crippen molar-refractivity contribution in [2.24, 2.45) is 0 Å². The molecule has 23 heavy (non-hydrogen) atoms. The third-order valence-corrected chi connectivity index (χ3v) is 4.76. The van der Waals surface area contributed by atoms with Crippen molar-refractivity contribution in [2.75, 3.05) is 19.5 Å². The molecule has 0 aromatic heterocycles. The smallest absolute Gasteiger partial charge is 0.239 e. The maximum atomic E-state index is 12.0. The molecular weight excluding hydrogens is 338 g/mol. The highest BCUT2D eigenvalue weighted by atomic mass is 32.2. The van der Waals surface area contributed by atoms with Gasteiger partial charge in [-0.25, -0.2) is 8.42 Å². The highest BCUT2D eigenvalue weighted by Crippen LogP contribution is 2.10. The molecule has 1 aromatic rings. The summed E-state index contributed by atoms with van der Waals surface area (Å²) in [4.78, 5) is 11.9. The first kappa shape index (κ1) is 19.3. The highest BCUT2D eigenvalue weighted by Gasteiger charge is 2.16. The molecular formula is C14H21N3O4S2. The van der Waals surface area contributed by atoms with Crippen LogP contribution in [0.1, 0.15) is 13.3 Å². The second kappa shape index (κ2) is 9.43. The fourth-order valence-corrected chi connectivity index (χ4v) is 3.23. The van der Waals surface area contributed by atoms with E-state index < -0.39 is 15.7 Å². The zero-order chi connectivity index (χ0) is 17.3. The Bertz CT molecular complexity index is 620. The summed E-state index contributed by atoms with van der Waals surface area (Å²) in [5.74, 6) is -0.738. The fraction of sp³-hybridized carbons (Fsp3) is 0.429. The lowest BCUT2D eigenvalue weighted by Gasteiger charge is -2.16. The molecule has 9 heteroatoms. The van der Waals surface area contributed by atoms with Gasteiger partial charge in [0.1, 0.15) is 0 Å². The largest absolute Gasteiger partial charge is 0.383 e. The Balaban J connectivity index is 2.36. The number of ether oxygens (including phenoxy) is 1. The third-order valence-electron chi connectivity index (χ3n) is 2.81. The maximum absolute atomic E-state index is 12.0. The van der Waals surface area contributed by atoms with E-state index in [0.717, 1.165) is 0 Å². The topological polar surface area (TPSA) is 96.5 Å². The molecule has 0 radical (unpaired) electrons. The maximum Gasteiger partial charge on any atom is 0.239 e. The van der Waals surface area contributed by atoms with Crippen LogP contribution in [0.15, 0.2) is 35.2 Å². The molecule has 7 nitrogen and oxygen atoms in total.